The van der Waals surface area contributed by atoms with Crippen LogP contribution in [0.25, 0.3) is 0 Å². The van der Waals surface area contributed by atoms with Gasteiger partial charge < -0.3 is 14.8 Å². The lowest BCUT2D eigenvalue weighted by Gasteiger charge is -2.14. The Morgan fingerprint density at radius 2 is 2.00 bits per heavy atom. The Balaban J connectivity index is 2.12. The van der Waals surface area contributed by atoms with Crippen LogP contribution >= 0.6 is 0 Å². The molecule has 1 N–H and O–H groups in total. The summed E-state index contributed by atoms with van der Waals surface area (Å²) in [4.78, 5) is 0. The van der Waals surface area contributed by atoms with Gasteiger partial charge >= 0.3 is 0 Å². The number of nitrogens with one attached hydrogen (secondary N) is 1. The van der Waals surface area contributed by atoms with E-state index in [1.54, 1.807) is 7.11 Å². The van der Waals surface area contributed by atoms with Crippen LogP contribution in [0.2, 0.25) is 0 Å². The van der Waals surface area contributed by atoms with Crippen molar-refractivity contribution in [2.75, 3.05) is 20.3 Å². The Morgan fingerprint density at radius 1 is 1.21 bits per heavy atom. The Hall–Kier alpha value is -1.22. The van der Waals surface area contributed by atoms with E-state index in [-0.39, 0.29) is 0 Å². The summed E-state index contributed by atoms with van der Waals surface area (Å²) in [6.07, 6.45) is 5.16. The molecule has 0 saturated carbocycles. The van der Waals surface area contributed by atoms with Crippen LogP contribution < -0.4 is 14.8 Å². The summed E-state index contributed by atoms with van der Waals surface area (Å²) in [5, 5.41) is 3.48. The monoisotopic (exact) mass is 265 g/mol. The standard InChI is InChI=1S/C16H27NO2/c1-4-5-6-8-14(2)17-11-12-19-16-10-7-9-15(13-16)18-3/h7,9-10,13-14,17H,4-6,8,11-12H2,1-3H3. The van der Waals surface area contributed by atoms with Crippen LogP contribution in [0.15, 0.2) is 24.3 Å². The summed E-state index contributed by atoms with van der Waals surface area (Å²) in [6, 6.07) is 8.29. The van der Waals surface area contributed by atoms with Gasteiger partial charge in [-0.25, -0.2) is 0 Å². The number of methoxy groups -OCH3 is 1. The Morgan fingerprint density at radius 3 is 2.74 bits per heavy atom. The van der Waals surface area contributed by atoms with E-state index in [0.29, 0.717) is 12.6 Å². The third kappa shape index (κ3) is 7.06. The van der Waals surface area contributed by atoms with Gasteiger partial charge in [-0.15, -0.1) is 0 Å². The molecule has 3 heteroatoms. The van der Waals surface area contributed by atoms with Gasteiger partial charge in [-0.1, -0.05) is 32.3 Å². The fraction of sp³-hybridized carbons (Fsp3) is 0.625. The summed E-state index contributed by atoms with van der Waals surface area (Å²) in [5.74, 6) is 1.69. The highest BCUT2D eigenvalue weighted by Gasteiger charge is 2.01. The van der Waals surface area contributed by atoms with E-state index in [2.05, 4.69) is 19.2 Å². The van der Waals surface area contributed by atoms with Gasteiger partial charge in [0.2, 0.25) is 0 Å². The second-order valence-electron chi connectivity index (χ2n) is 4.88. The first kappa shape index (κ1) is 15.8. The normalized spacial score (nSPS) is 12.2. The number of unbranched alkanes of at least 4 members (excludes halogenated alkanes) is 2. The molecular weight excluding hydrogens is 238 g/mol. The predicted molar refractivity (Wildman–Crippen MR) is 80.1 cm³/mol. The van der Waals surface area contributed by atoms with E-state index in [0.717, 1.165) is 18.0 Å². The van der Waals surface area contributed by atoms with Crippen molar-refractivity contribution in [2.24, 2.45) is 0 Å². The van der Waals surface area contributed by atoms with Crippen molar-refractivity contribution >= 4 is 0 Å². The molecule has 0 heterocycles. The maximum atomic E-state index is 5.68. The van der Waals surface area contributed by atoms with Crippen LogP contribution in [-0.2, 0) is 0 Å². The van der Waals surface area contributed by atoms with Crippen molar-refractivity contribution in [2.45, 2.75) is 45.6 Å². The first-order valence-corrected chi connectivity index (χ1v) is 7.26. The Bertz CT molecular complexity index is 341. The largest absolute Gasteiger partial charge is 0.497 e. The maximum Gasteiger partial charge on any atom is 0.123 e. The van der Waals surface area contributed by atoms with Gasteiger partial charge in [0.25, 0.3) is 0 Å². The topological polar surface area (TPSA) is 30.5 Å². The van der Waals surface area contributed by atoms with Gasteiger partial charge in [-0.3, -0.25) is 0 Å². The van der Waals surface area contributed by atoms with Gasteiger partial charge in [-0.2, -0.15) is 0 Å². The Kier molecular flexibility index (Phi) is 8.07. The Labute approximate surface area is 117 Å². The zero-order valence-electron chi connectivity index (χ0n) is 12.4. The molecule has 0 spiro atoms. The lowest BCUT2D eigenvalue weighted by Crippen LogP contribution is -2.30. The van der Waals surface area contributed by atoms with E-state index in [9.17, 15) is 0 Å². The van der Waals surface area contributed by atoms with Crippen LogP contribution in [0.4, 0.5) is 0 Å². The lowest BCUT2D eigenvalue weighted by molar-refractivity contribution is 0.302. The molecule has 1 aromatic rings. The molecule has 0 aliphatic carbocycles. The molecule has 1 rings (SSSR count). The lowest BCUT2D eigenvalue weighted by atomic mass is 10.1. The second-order valence-corrected chi connectivity index (χ2v) is 4.88. The fourth-order valence-corrected chi connectivity index (χ4v) is 1.97. The van der Waals surface area contributed by atoms with E-state index < -0.39 is 0 Å². The minimum Gasteiger partial charge on any atom is -0.497 e. The van der Waals surface area contributed by atoms with Crippen molar-refractivity contribution in [3.63, 3.8) is 0 Å². The molecule has 0 aliphatic rings. The molecule has 0 fully saturated rings. The molecule has 0 bridgehead atoms. The zero-order chi connectivity index (χ0) is 13.9. The SMILES string of the molecule is CCCCCC(C)NCCOc1cccc(OC)c1. The number of hydrogen-bond donors (Lipinski definition) is 1. The third-order valence-electron chi connectivity index (χ3n) is 3.15. The van der Waals surface area contributed by atoms with E-state index in [1.807, 2.05) is 24.3 Å². The average Bonchev–Trinajstić information content (AvgIpc) is 2.44. The average molecular weight is 265 g/mol. The number of rotatable bonds is 10. The molecule has 3 nitrogen and oxygen atoms in total. The molecule has 1 atom stereocenters. The zero-order valence-corrected chi connectivity index (χ0v) is 12.4. The van der Waals surface area contributed by atoms with Gasteiger partial charge in [0.15, 0.2) is 0 Å². The molecule has 19 heavy (non-hydrogen) atoms. The summed E-state index contributed by atoms with van der Waals surface area (Å²) in [6.45, 7) is 6.04. The van der Waals surface area contributed by atoms with Crippen molar-refractivity contribution in [3.05, 3.63) is 24.3 Å². The molecule has 0 radical (unpaired) electrons. The second kappa shape index (κ2) is 9.68. The highest BCUT2D eigenvalue weighted by atomic mass is 16.5. The molecule has 108 valence electrons. The van der Waals surface area contributed by atoms with Gasteiger partial charge in [0.05, 0.1) is 7.11 Å². The molecule has 0 saturated heterocycles. The summed E-state index contributed by atoms with van der Waals surface area (Å²) in [5.41, 5.74) is 0. The van der Waals surface area contributed by atoms with E-state index in [4.69, 9.17) is 9.47 Å². The number of benzene rings is 1. The maximum absolute atomic E-state index is 5.68. The summed E-state index contributed by atoms with van der Waals surface area (Å²) in [7, 11) is 1.67. The van der Waals surface area contributed by atoms with Crippen LogP contribution in [0.3, 0.4) is 0 Å². The highest BCUT2D eigenvalue weighted by Crippen LogP contribution is 2.18. The molecule has 0 aromatic heterocycles. The van der Waals surface area contributed by atoms with Crippen molar-refractivity contribution < 1.29 is 9.47 Å². The van der Waals surface area contributed by atoms with Gasteiger partial charge in [-0.05, 0) is 25.5 Å². The molecular formula is C16H27NO2. The molecule has 0 amide bonds. The smallest absolute Gasteiger partial charge is 0.123 e. The van der Waals surface area contributed by atoms with E-state index in [1.165, 1.54) is 25.7 Å². The quantitative estimate of drug-likeness (QED) is 0.655. The predicted octanol–water partition coefficient (Wildman–Crippen LogP) is 3.63. The van der Waals surface area contributed by atoms with Crippen LogP contribution in [0, 0.1) is 0 Å². The molecule has 1 aromatic carbocycles. The minimum absolute atomic E-state index is 0.570. The highest BCUT2D eigenvalue weighted by molar-refractivity contribution is 5.32. The van der Waals surface area contributed by atoms with Crippen molar-refractivity contribution in [3.8, 4) is 11.5 Å². The minimum atomic E-state index is 0.570. The first-order chi connectivity index (χ1) is 9.26. The molecule has 1 unspecified atom stereocenters. The number of ether oxygens (including phenoxy) is 2. The van der Waals surface area contributed by atoms with Gasteiger partial charge in [0.1, 0.15) is 18.1 Å². The summed E-state index contributed by atoms with van der Waals surface area (Å²) >= 11 is 0. The van der Waals surface area contributed by atoms with Crippen LogP contribution in [0.5, 0.6) is 11.5 Å². The van der Waals surface area contributed by atoms with E-state index >= 15 is 0 Å². The summed E-state index contributed by atoms with van der Waals surface area (Å²) < 4.78 is 10.8. The molecule has 0 aliphatic heterocycles. The number of hydrogen-bond acceptors (Lipinski definition) is 3. The van der Waals surface area contributed by atoms with Crippen molar-refractivity contribution in [1.82, 2.24) is 5.32 Å². The fourth-order valence-electron chi connectivity index (χ4n) is 1.97. The third-order valence-corrected chi connectivity index (χ3v) is 3.15. The van der Waals surface area contributed by atoms with Gasteiger partial charge in [0, 0.05) is 18.7 Å². The first-order valence-electron chi connectivity index (χ1n) is 7.26. The van der Waals surface area contributed by atoms with Crippen LogP contribution in [-0.4, -0.2) is 26.3 Å². The van der Waals surface area contributed by atoms with Crippen molar-refractivity contribution in [1.29, 1.82) is 0 Å². The van der Waals surface area contributed by atoms with Crippen LogP contribution in [0.1, 0.15) is 39.5 Å².